The van der Waals surface area contributed by atoms with Gasteiger partial charge in [-0.1, -0.05) is 5.92 Å². The third-order valence-electron chi connectivity index (χ3n) is 2.67. The van der Waals surface area contributed by atoms with E-state index in [4.69, 9.17) is 12.2 Å². The van der Waals surface area contributed by atoms with Crippen molar-refractivity contribution in [3.63, 3.8) is 0 Å². The Bertz CT molecular complexity index is 272. The first-order valence-corrected chi connectivity index (χ1v) is 4.95. The van der Waals surface area contributed by atoms with Crippen LogP contribution in [0.25, 0.3) is 0 Å². The Morgan fingerprint density at radius 2 is 2.21 bits per heavy atom. The molecule has 0 radical (unpaired) electrons. The maximum atomic E-state index is 11.5. The van der Waals surface area contributed by atoms with Gasteiger partial charge in [0.05, 0.1) is 5.54 Å². The van der Waals surface area contributed by atoms with E-state index in [0.717, 1.165) is 19.3 Å². The van der Waals surface area contributed by atoms with E-state index in [1.165, 1.54) is 0 Å². The minimum absolute atomic E-state index is 0.0462. The molecule has 1 fully saturated rings. The maximum Gasteiger partial charge on any atom is 0.223 e. The molecule has 14 heavy (non-hydrogen) atoms. The molecule has 0 aromatic carbocycles. The molecule has 0 heterocycles. The van der Waals surface area contributed by atoms with Crippen molar-refractivity contribution in [3.05, 3.63) is 0 Å². The average molecular weight is 194 g/mol. The van der Waals surface area contributed by atoms with Gasteiger partial charge >= 0.3 is 0 Å². The largest absolute Gasteiger partial charge is 0.340 e. The summed E-state index contributed by atoms with van der Waals surface area (Å²) in [6, 6.07) is 0. The second-order valence-corrected chi connectivity index (χ2v) is 4.71. The van der Waals surface area contributed by atoms with Crippen LogP contribution in [0, 0.1) is 12.3 Å². The zero-order valence-electron chi connectivity index (χ0n) is 8.89. The molecule has 0 aliphatic heterocycles. The molecule has 1 aliphatic rings. The fourth-order valence-corrected chi connectivity index (χ4v) is 1.56. The van der Waals surface area contributed by atoms with Crippen molar-refractivity contribution < 1.29 is 4.79 Å². The molecule has 78 valence electrons. The Kier molecular flexibility index (Phi) is 2.86. The Labute approximate surface area is 85.4 Å². The highest BCUT2D eigenvalue weighted by atomic mass is 16.1. The highest BCUT2D eigenvalue weighted by Gasteiger charge is 2.35. The number of hydrogen-bond donors (Lipinski definition) is 2. The van der Waals surface area contributed by atoms with Gasteiger partial charge in [0.15, 0.2) is 0 Å². The van der Waals surface area contributed by atoms with Gasteiger partial charge in [-0.05, 0) is 33.1 Å². The molecule has 3 nitrogen and oxygen atoms in total. The molecule has 0 atom stereocenters. The van der Waals surface area contributed by atoms with E-state index in [1.807, 2.05) is 0 Å². The lowest BCUT2D eigenvalue weighted by atomic mass is 9.75. The monoisotopic (exact) mass is 194 g/mol. The zero-order valence-corrected chi connectivity index (χ0v) is 8.89. The lowest BCUT2D eigenvalue weighted by Gasteiger charge is -2.38. The fraction of sp³-hybridized carbons (Fsp3) is 0.727. The maximum absolute atomic E-state index is 11.5. The Morgan fingerprint density at radius 1 is 1.64 bits per heavy atom. The average Bonchev–Trinajstić information content (AvgIpc) is 2.00. The summed E-state index contributed by atoms with van der Waals surface area (Å²) in [6.45, 7) is 3.60. The van der Waals surface area contributed by atoms with Crippen molar-refractivity contribution in [1.29, 1.82) is 0 Å². The van der Waals surface area contributed by atoms with Gasteiger partial charge in [0, 0.05) is 12.0 Å². The van der Waals surface area contributed by atoms with Crippen LogP contribution in [0.3, 0.4) is 0 Å². The van der Waals surface area contributed by atoms with Gasteiger partial charge in [-0.15, -0.1) is 6.42 Å². The van der Waals surface area contributed by atoms with Gasteiger partial charge in [-0.3, -0.25) is 4.79 Å². The zero-order chi connectivity index (χ0) is 10.8. The van der Waals surface area contributed by atoms with Crippen molar-refractivity contribution in [1.82, 2.24) is 5.32 Å². The second kappa shape index (κ2) is 3.62. The van der Waals surface area contributed by atoms with Crippen LogP contribution < -0.4 is 11.1 Å². The first-order valence-electron chi connectivity index (χ1n) is 4.95. The SMILES string of the molecule is C#CC(C)(C)NC(=O)CC1(N)CCC1. The Hall–Kier alpha value is -1.01. The van der Waals surface area contributed by atoms with E-state index < -0.39 is 5.54 Å². The summed E-state index contributed by atoms with van der Waals surface area (Å²) >= 11 is 0. The van der Waals surface area contributed by atoms with E-state index in [1.54, 1.807) is 13.8 Å². The van der Waals surface area contributed by atoms with E-state index >= 15 is 0 Å². The molecule has 0 bridgehead atoms. The lowest BCUT2D eigenvalue weighted by Crippen LogP contribution is -2.52. The molecule has 1 rings (SSSR count). The number of terminal acetylenes is 1. The Balaban J connectivity index is 2.40. The molecule has 3 heteroatoms. The number of carbonyl (C=O) groups excluding carboxylic acids is 1. The van der Waals surface area contributed by atoms with Crippen LogP contribution in [0.5, 0.6) is 0 Å². The summed E-state index contributed by atoms with van der Waals surface area (Å²) in [5, 5.41) is 2.78. The highest BCUT2D eigenvalue weighted by molar-refractivity contribution is 5.78. The van der Waals surface area contributed by atoms with Crippen LogP contribution in [-0.2, 0) is 4.79 Å². The second-order valence-electron chi connectivity index (χ2n) is 4.71. The fourth-order valence-electron chi connectivity index (χ4n) is 1.56. The molecule has 1 aliphatic carbocycles. The topological polar surface area (TPSA) is 55.1 Å². The van der Waals surface area contributed by atoms with Gasteiger partial charge in [-0.2, -0.15) is 0 Å². The van der Waals surface area contributed by atoms with E-state index in [2.05, 4.69) is 11.2 Å². The normalized spacial score (nSPS) is 19.3. The third-order valence-corrected chi connectivity index (χ3v) is 2.67. The molecule has 0 saturated heterocycles. The first kappa shape index (κ1) is 11.1. The Morgan fingerprint density at radius 3 is 2.57 bits per heavy atom. The van der Waals surface area contributed by atoms with Crippen LogP contribution in [0.2, 0.25) is 0 Å². The number of nitrogens with one attached hydrogen (secondary N) is 1. The molecule has 0 unspecified atom stereocenters. The number of amides is 1. The number of nitrogens with two attached hydrogens (primary N) is 1. The molecular weight excluding hydrogens is 176 g/mol. The van der Waals surface area contributed by atoms with E-state index in [0.29, 0.717) is 6.42 Å². The lowest BCUT2D eigenvalue weighted by molar-refractivity contribution is -0.124. The van der Waals surface area contributed by atoms with Crippen LogP contribution in [-0.4, -0.2) is 17.0 Å². The number of rotatable bonds is 3. The standard InChI is InChI=1S/C11H18N2O/c1-4-10(2,3)13-9(14)8-11(12)6-5-7-11/h1H,5-8,12H2,2-3H3,(H,13,14). The van der Waals surface area contributed by atoms with Crippen molar-refractivity contribution in [3.8, 4) is 12.3 Å². The van der Waals surface area contributed by atoms with Crippen molar-refractivity contribution >= 4 is 5.91 Å². The molecule has 0 aromatic heterocycles. The summed E-state index contributed by atoms with van der Waals surface area (Å²) in [6.07, 6.45) is 8.67. The van der Waals surface area contributed by atoms with Crippen molar-refractivity contribution in [2.24, 2.45) is 5.73 Å². The smallest absolute Gasteiger partial charge is 0.223 e. The molecular formula is C11H18N2O. The van der Waals surface area contributed by atoms with Crippen molar-refractivity contribution in [2.75, 3.05) is 0 Å². The van der Waals surface area contributed by atoms with Crippen LogP contribution in [0.15, 0.2) is 0 Å². The summed E-state index contributed by atoms with van der Waals surface area (Å²) in [5.41, 5.74) is 5.11. The van der Waals surface area contributed by atoms with Crippen LogP contribution >= 0.6 is 0 Å². The first-order chi connectivity index (χ1) is 6.37. The van der Waals surface area contributed by atoms with E-state index in [-0.39, 0.29) is 11.4 Å². The summed E-state index contributed by atoms with van der Waals surface area (Å²) in [5.74, 6) is 2.48. The van der Waals surface area contributed by atoms with Gasteiger partial charge in [0.25, 0.3) is 0 Å². The van der Waals surface area contributed by atoms with Crippen LogP contribution in [0.1, 0.15) is 39.5 Å². The minimum atomic E-state index is -0.572. The predicted molar refractivity (Wildman–Crippen MR) is 56.4 cm³/mol. The minimum Gasteiger partial charge on any atom is -0.340 e. The van der Waals surface area contributed by atoms with Gasteiger partial charge in [0.2, 0.25) is 5.91 Å². The summed E-state index contributed by atoms with van der Waals surface area (Å²) in [4.78, 5) is 11.5. The molecule has 0 spiro atoms. The van der Waals surface area contributed by atoms with E-state index in [9.17, 15) is 4.79 Å². The molecule has 1 saturated carbocycles. The predicted octanol–water partition coefficient (Wildman–Crippen LogP) is 0.786. The number of carbonyl (C=O) groups is 1. The molecule has 3 N–H and O–H groups in total. The highest BCUT2D eigenvalue weighted by Crippen LogP contribution is 2.32. The van der Waals surface area contributed by atoms with Gasteiger partial charge in [0.1, 0.15) is 0 Å². The van der Waals surface area contributed by atoms with Crippen molar-refractivity contribution in [2.45, 2.75) is 50.6 Å². The quantitative estimate of drug-likeness (QED) is 0.652. The van der Waals surface area contributed by atoms with Crippen LogP contribution in [0.4, 0.5) is 0 Å². The van der Waals surface area contributed by atoms with Gasteiger partial charge < -0.3 is 11.1 Å². The molecule has 0 aromatic rings. The summed E-state index contributed by atoms with van der Waals surface area (Å²) < 4.78 is 0. The van der Waals surface area contributed by atoms with Gasteiger partial charge in [-0.25, -0.2) is 0 Å². The number of hydrogen-bond acceptors (Lipinski definition) is 2. The third kappa shape index (κ3) is 2.74. The molecule has 1 amide bonds. The summed E-state index contributed by atoms with van der Waals surface area (Å²) in [7, 11) is 0.